The third-order valence-electron chi connectivity index (χ3n) is 4.01. The van der Waals surface area contributed by atoms with Crippen molar-refractivity contribution in [1.82, 2.24) is 14.9 Å². The van der Waals surface area contributed by atoms with Gasteiger partial charge in [-0.1, -0.05) is 19.9 Å². The van der Waals surface area contributed by atoms with Gasteiger partial charge in [0.2, 0.25) is 0 Å². The molecule has 5 heteroatoms. The molecule has 23 heavy (non-hydrogen) atoms. The van der Waals surface area contributed by atoms with Gasteiger partial charge in [0.15, 0.2) is 0 Å². The normalized spacial score (nSPS) is 17.0. The van der Waals surface area contributed by atoms with Crippen molar-refractivity contribution in [3.8, 4) is 0 Å². The molecule has 2 rings (SSSR count). The Labute approximate surface area is 138 Å². The highest BCUT2D eigenvalue weighted by Gasteiger charge is 2.13. The van der Waals surface area contributed by atoms with Gasteiger partial charge in [0, 0.05) is 36.7 Å². The first-order valence-electron chi connectivity index (χ1n) is 8.15. The summed E-state index contributed by atoms with van der Waals surface area (Å²) in [5.74, 6) is 1.04. The van der Waals surface area contributed by atoms with Crippen LogP contribution >= 0.6 is 0 Å². The zero-order chi connectivity index (χ0) is 16.7. The van der Waals surface area contributed by atoms with Crippen molar-refractivity contribution >= 4 is 11.4 Å². The topological polar surface area (TPSA) is 50.6 Å². The van der Waals surface area contributed by atoms with Crippen molar-refractivity contribution in [2.24, 2.45) is 4.99 Å². The van der Waals surface area contributed by atoms with Crippen LogP contribution in [0.1, 0.15) is 39.2 Å². The highest BCUT2D eigenvalue weighted by molar-refractivity contribution is 5.82. The van der Waals surface area contributed by atoms with Gasteiger partial charge in [0.25, 0.3) is 0 Å². The molecule has 0 spiro atoms. The van der Waals surface area contributed by atoms with E-state index in [2.05, 4.69) is 42.2 Å². The van der Waals surface area contributed by atoms with Crippen molar-refractivity contribution in [3.63, 3.8) is 0 Å². The predicted molar refractivity (Wildman–Crippen MR) is 94.2 cm³/mol. The van der Waals surface area contributed by atoms with E-state index < -0.39 is 0 Å². The van der Waals surface area contributed by atoms with Crippen LogP contribution in [0.25, 0.3) is 5.57 Å². The minimum Gasteiger partial charge on any atom is -0.378 e. The van der Waals surface area contributed by atoms with Gasteiger partial charge in [-0.3, -0.25) is 0 Å². The fourth-order valence-corrected chi connectivity index (χ4v) is 2.70. The molecule has 0 N–H and O–H groups in total. The number of aromatic nitrogens is 2. The minimum atomic E-state index is 0.769. The summed E-state index contributed by atoms with van der Waals surface area (Å²) in [6.45, 7) is 13.9. The van der Waals surface area contributed by atoms with E-state index in [-0.39, 0.29) is 0 Å². The number of hydrogen-bond acceptors (Lipinski definition) is 4. The van der Waals surface area contributed by atoms with E-state index in [1.54, 1.807) is 12.4 Å². The number of morpholine rings is 1. The molecule has 124 valence electrons. The Bertz CT molecular complexity index is 586. The summed E-state index contributed by atoms with van der Waals surface area (Å²) in [5, 5.41) is 0. The molecule has 0 aromatic carbocycles. The van der Waals surface area contributed by atoms with E-state index in [0.717, 1.165) is 61.8 Å². The molecule has 1 aliphatic rings. The van der Waals surface area contributed by atoms with Crippen LogP contribution in [0.4, 0.5) is 0 Å². The molecule has 0 aliphatic carbocycles. The molecule has 1 aromatic rings. The Hall–Kier alpha value is -2.01. The van der Waals surface area contributed by atoms with Crippen LogP contribution in [0.3, 0.4) is 0 Å². The van der Waals surface area contributed by atoms with Gasteiger partial charge >= 0.3 is 0 Å². The average molecular weight is 314 g/mol. The smallest absolute Gasteiger partial charge is 0.115 e. The Kier molecular flexibility index (Phi) is 6.47. The summed E-state index contributed by atoms with van der Waals surface area (Å²) in [6.07, 6.45) is 7.13. The van der Waals surface area contributed by atoms with Crippen LogP contribution in [-0.2, 0) is 4.74 Å². The van der Waals surface area contributed by atoms with Crippen LogP contribution in [0.2, 0.25) is 0 Å². The molecule has 0 amide bonds. The van der Waals surface area contributed by atoms with Gasteiger partial charge in [-0.25, -0.2) is 15.0 Å². The number of amidine groups is 1. The molecule has 0 bridgehead atoms. The summed E-state index contributed by atoms with van der Waals surface area (Å²) in [6, 6.07) is 0. The van der Waals surface area contributed by atoms with Gasteiger partial charge in [0.05, 0.1) is 13.2 Å². The van der Waals surface area contributed by atoms with E-state index in [1.165, 1.54) is 11.9 Å². The highest BCUT2D eigenvalue weighted by Crippen LogP contribution is 2.27. The number of hydrogen-bond donors (Lipinski definition) is 0. The monoisotopic (exact) mass is 314 g/mol. The quantitative estimate of drug-likeness (QED) is 0.475. The fourth-order valence-electron chi connectivity index (χ4n) is 2.70. The fraction of sp³-hybridized carbons (Fsp3) is 0.500. The maximum absolute atomic E-state index is 5.40. The standard InChI is InChI=1S/C18H26N4O/c1-5-6-18(14(2)17-11-19-13-20-12-17)15(3)21-16(4)22-7-9-23-10-8-22/h11-13H,2,5-10H2,1,3-4H3/b18-15-,21-16?. The lowest BCUT2D eigenvalue weighted by atomic mass is 9.96. The largest absolute Gasteiger partial charge is 0.378 e. The Morgan fingerprint density at radius 3 is 2.52 bits per heavy atom. The third kappa shape index (κ3) is 4.73. The average Bonchev–Trinajstić information content (AvgIpc) is 2.60. The second kappa shape index (κ2) is 8.58. The van der Waals surface area contributed by atoms with Crippen LogP contribution in [0.5, 0.6) is 0 Å². The Morgan fingerprint density at radius 1 is 1.26 bits per heavy atom. The van der Waals surface area contributed by atoms with Crippen LogP contribution < -0.4 is 0 Å². The van der Waals surface area contributed by atoms with E-state index in [1.807, 2.05) is 0 Å². The van der Waals surface area contributed by atoms with Crippen molar-refractivity contribution in [3.05, 3.63) is 42.1 Å². The van der Waals surface area contributed by atoms with E-state index in [0.29, 0.717) is 0 Å². The number of rotatable bonds is 5. The second-order valence-corrected chi connectivity index (χ2v) is 5.68. The molecule has 1 fully saturated rings. The Morgan fingerprint density at radius 2 is 1.91 bits per heavy atom. The minimum absolute atomic E-state index is 0.769. The molecule has 1 aliphatic heterocycles. The van der Waals surface area contributed by atoms with Gasteiger partial charge in [-0.15, -0.1) is 0 Å². The summed E-state index contributed by atoms with van der Waals surface area (Å²) in [5.41, 5.74) is 4.11. The molecular formula is C18H26N4O. The molecular weight excluding hydrogens is 288 g/mol. The first kappa shape index (κ1) is 17.3. The molecule has 0 atom stereocenters. The van der Waals surface area contributed by atoms with Gasteiger partial charge in [-0.05, 0) is 31.4 Å². The number of aliphatic imine (C=N–C) groups is 1. The SMILES string of the molecule is C=C(/C(CCC)=C(/C)N=C(C)N1CCOCC1)c1cncnc1. The Balaban J connectivity index is 2.26. The molecule has 5 nitrogen and oxygen atoms in total. The summed E-state index contributed by atoms with van der Waals surface area (Å²) < 4.78 is 5.40. The molecule has 0 unspecified atom stereocenters. The maximum atomic E-state index is 5.40. The van der Waals surface area contributed by atoms with E-state index in [4.69, 9.17) is 9.73 Å². The summed E-state index contributed by atoms with van der Waals surface area (Å²) in [7, 11) is 0. The lowest BCUT2D eigenvalue weighted by Crippen LogP contribution is -2.39. The van der Waals surface area contributed by atoms with E-state index >= 15 is 0 Å². The molecule has 0 saturated carbocycles. The second-order valence-electron chi connectivity index (χ2n) is 5.68. The first-order chi connectivity index (χ1) is 11.1. The lowest BCUT2D eigenvalue weighted by Gasteiger charge is -2.28. The van der Waals surface area contributed by atoms with Gasteiger partial charge in [0.1, 0.15) is 12.2 Å². The molecule has 0 radical (unpaired) electrons. The molecule has 1 saturated heterocycles. The highest BCUT2D eigenvalue weighted by atomic mass is 16.5. The zero-order valence-corrected chi connectivity index (χ0v) is 14.4. The van der Waals surface area contributed by atoms with Gasteiger partial charge in [-0.2, -0.15) is 0 Å². The predicted octanol–water partition coefficient (Wildman–Crippen LogP) is 3.31. The first-order valence-corrected chi connectivity index (χ1v) is 8.15. The maximum Gasteiger partial charge on any atom is 0.115 e. The van der Waals surface area contributed by atoms with Gasteiger partial charge < -0.3 is 9.64 Å². The third-order valence-corrected chi connectivity index (χ3v) is 4.01. The summed E-state index contributed by atoms with van der Waals surface area (Å²) >= 11 is 0. The van der Waals surface area contributed by atoms with Crippen molar-refractivity contribution in [2.45, 2.75) is 33.6 Å². The van der Waals surface area contributed by atoms with Crippen LogP contribution in [0.15, 0.2) is 41.6 Å². The van der Waals surface area contributed by atoms with Crippen LogP contribution in [-0.4, -0.2) is 47.0 Å². The number of nitrogens with zero attached hydrogens (tertiary/aromatic N) is 4. The lowest BCUT2D eigenvalue weighted by molar-refractivity contribution is 0.0678. The van der Waals surface area contributed by atoms with E-state index in [9.17, 15) is 0 Å². The molecule has 1 aromatic heterocycles. The zero-order valence-electron chi connectivity index (χ0n) is 14.4. The van der Waals surface area contributed by atoms with Crippen molar-refractivity contribution in [1.29, 1.82) is 0 Å². The van der Waals surface area contributed by atoms with Crippen molar-refractivity contribution < 1.29 is 4.74 Å². The summed E-state index contributed by atoms with van der Waals surface area (Å²) in [4.78, 5) is 15.3. The molecule has 2 heterocycles. The van der Waals surface area contributed by atoms with Crippen LogP contribution in [0, 0.1) is 0 Å². The number of ether oxygens (including phenoxy) is 1. The number of allylic oxidation sites excluding steroid dienone is 3. The van der Waals surface area contributed by atoms with Crippen molar-refractivity contribution in [2.75, 3.05) is 26.3 Å².